The first-order chi connectivity index (χ1) is 19.8. The second kappa shape index (κ2) is 8.07. The monoisotopic (exact) mass is 531 g/mol. The molecule has 0 amide bonds. The molecule has 1 spiro atoms. The number of aromatic nitrogens is 2. The number of ether oxygens (including phenoxy) is 1. The van der Waals surface area contributed by atoms with Gasteiger partial charge in [0.25, 0.3) is 0 Å². The number of anilines is 3. The lowest BCUT2D eigenvalue weighted by molar-refractivity contribution is 0.477. The smallest absolute Gasteiger partial charge is 0.151 e. The summed E-state index contributed by atoms with van der Waals surface area (Å²) >= 11 is 1.84. The largest absolute Gasteiger partial charge is 0.453 e. The van der Waals surface area contributed by atoms with Crippen molar-refractivity contribution in [1.29, 1.82) is 0 Å². The van der Waals surface area contributed by atoms with Crippen LogP contribution in [0.2, 0.25) is 0 Å². The first kappa shape index (κ1) is 22.0. The van der Waals surface area contributed by atoms with Gasteiger partial charge in [0.1, 0.15) is 0 Å². The molecule has 40 heavy (non-hydrogen) atoms. The number of para-hydroxylation sites is 4. The number of fused-ring (bicyclic) bond motifs is 11. The van der Waals surface area contributed by atoms with E-state index in [2.05, 4.69) is 95.9 Å². The zero-order valence-corrected chi connectivity index (χ0v) is 22.1. The quantitative estimate of drug-likeness (QED) is 0.211. The molecule has 6 aromatic rings. The van der Waals surface area contributed by atoms with Gasteiger partial charge >= 0.3 is 0 Å². The average Bonchev–Trinajstić information content (AvgIpc) is 3.31. The number of nitrogens with zero attached hydrogens (tertiary/aromatic N) is 3. The third kappa shape index (κ3) is 2.77. The molecule has 0 radical (unpaired) electrons. The number of pyridine rings is 2. The van der Waals surface area contributed by atoms with Gasteiger partial charge in [0.2, 0.25) is 0 Å². The molecule has 4 nitrogen and oxygen atoms in total. The summed E-state index contributed by atoms with van der Waals surface area (Å²) in [6.07, 6.45) is 3.75. The van der Waals surface area contributed by atoms with E-state index in [0.29, 0.717) is 0 Å². The van der Waals surface area contributed by atoms with Gasteiger partial charge in [0.15, 0.2) is 11.5 Å². The van der Waals surface area contributed by atoms with Crippen molar-refractivity contribution in [2.75, 3.05) is 4.90 Å². The molecule has 4 aromatic carbocycles. The summed E-state index contributed by atoms with van der Waals surface area (Å²) in [5.41, 5.74) is 9.40. The van der Waals surface area contributed by atoms with E-state index < -0.39 is 5.41 Å². The highest BCUT2D eigenvalue weighted by Crippen LogP contribution is 2.62. The topological polar surface area (TPSA) is 38.2 Å². The maximum atomic E-state index is 6.31. The van der Waals surface area contributed by atoms with Crippen molar-refractivity contribution in [2.24, 2.45) is 0 Å². The summed E-state index contributed by atoms with van der Waals surface area (Å²) in [5, 5.41) is 0. The van der Waals surface area contributed by atoms with Crippen LogP contribution in [0.4, 0.5) is 17.1 Å². The van der Waals surface area contributed by atoms with E-state index in [0.717, 1.165) is 39.9 Å². The predicted octanol–water partition coefficient (Wildman–Crippen LogP) is 8.88. The van der Waals surface area contributed by atoms with Gasteiger partial charge in [-0.15, -0.1) is 0 Å². The van der Waals surface area contributed by atoms with Crippen molar-refractivity contribution in [3.05, 3.63) is 150 Å². The Hall–Kier alpha value is -4.87. The van der Waals surface area contributed by atoms with Crippen molar-refractivity contribution in [2.45, 2.75) is 15.2 Å². The fraction of sp³-hybridized carbons (Fsp3) is 0.0286. The molecule has 0 atom stereocenters. The first-order valence-electron chi connectivity index (χ1n) is 13.3. The Labute approximate surface area is 236 Å². The minimum absolute atomic E-state index is 0.522. The van der Waals surface area contributed by atoms with Crippen molar-refractivity contribution in [1.82, 2.24) is 9.97 Å². The van der Waals surface area contributed by atoms with Crippen LogP contribution in [0.5, 0.6) is 11.5 Å². The van der Waals surface area contributed by atoms with Gasteiger partial charge in [-0.1, -0.05) is 66.4 Å². The van der Waals surface area contributed by atoms with Crippen molar-refractivity contribution in [3.8, 4) is 22.9 Å². The van der Waals surface area contributed by atoms with Crippen LogP contribution in [-0.4, -0.2) is 9.97 Å². The van der Waals surface area contributed by atoms with E-state index in [1.54, 1.807) is 0 Å². The van der Waals surface area contributed by atoms with Crippen LogP contribution in [0.25, 0.3) is 11.4 Å². The molecule has 1 aliphatic carbocycles. The van der Waals surface area contributed by atoms with E-state index in [1.807, 2.05) is 48.4 Å². The molecule has 0 saturated carbocycles. The van der Waals surface area contributed by atoms with Crippen LogP contribution in [0.15, 0.2) is 137 Å². The summed E-state index contributed by atoms with van der Waals surface area (Å²) in [4.78, 5) is 14.6. The third-order valence-electron chi connectivity index (χ3n) is 8.22. The van der Waals surface area contributed by atoms with E-state index >= 15 is 0 Å². The van der Waals surface area contributed by atoms with E-state index in [1.165, 1.54) is 32.0 Å². The number of rotatable bonds is 1. The van der Waals surface area contributed by atoms with Crippen LogP contribution in [0.1, 0.15) is 22.3 Å². The lowest BCUT2D eigenvalue weighted by Crippen LogP contribution is -2.32. The SMILES string of the molecule is c1ccc2c(c1)Oc1ccccc1N2c1ccc2c(c1)C1(c3ccccc3S2)c2cccnc2-c2ncccc21. The summed E-state index contributed by atoms with van der Waals surface area (Å²) < 4.78 is 6.31. The zero-order chi connectivity index (χ0) is 26.3. The van der Waals surface area contributed by atoms with Crippen molar-refractivity contribution in [3.63, 3.8) is 0 Å². The minimum atomic E-state index is -0.522. The highest BCUT2D eigenvalue weighted by molar-refractivity contribution is 7.99. The Morgan fingerprint density at radius 1 is 0.550 bits per heavy atom. The molecule has 2 aliphatic heterocycles. The Balaban J connectivity index is 1.37. The Kier molecular flexibility index (Phi) is 4.44. The van der Waals surface area contributed by atoms with E-state index in [-0.39, 0.29) is 0 Å². The molecule has 0 bridgehead atoms. The number of hydrogen-bond donors (Lipinski definition) is 0. The molecule has 0 saturated heterocycles. The molecule has 0 unspecified atom stereocenters. The standard InChI is InChI=1S/C35H21N3OS/c1-6-16-31-23(9-1)35(24-10-7-19-36-33(24)34-25(35)11-8-20-37-34)26-21-22(17-18-32(26)40-31)38-27-12-2-4-14-29(27)39-30-15-5-3-13-28(30)38/h1-21H. The number of hydrogen-bond acceptors (Lipinski definition) is 5. The molecule has 5 heteroatoms. The molecular formula is C35H21N3OS. The zero-order valence-electron chi connectivity index (χ0n) is 21.3. The molecule has 9 rings (SSSR count). The van der Waals surface area contributed by atoms with Crippen molar-refractivity contribution < 1.29 is 4.74 Å². The lowest BCUT2D eigenvalue weighted by Gasteiger charge is -2.40. The molecular weight excluding hydrogens is 510 g/mol. The highest BCUT2D eigenvalue weighted by atomic mass is 32.2. The molecule has 4 heterocycles. The summed E-state index contributed by atoms with van der Waals surface area (Å²) in [6, 6.07) is 40.7. The normalized spacial score (nSPS) is 14.8. The minimum Gasteiger partial charge on any atom is -0.453 e. The Morgan fingerprint density at radius 3 is 1.82 bits per heavy atom. The third-order valence-corrected chi connectivity index (χ3v) is 9.37. The van der Waals surface area contributed by atoms with Crippen LogP contribution in [0.3, 0.4) is 0 Å². The maximum absolute atomic E-state index is 6.31. The van der Waals surface area contributed by atoms with Crippen LogP contribution in [-0.2, 0) is 5.41 Å². The molecule has 0 fully saturated rings. The highest BCUT2D eigenvalue weighted by Gasteiger charge is 2.51. The predicted molar refractivity (Wildman–Crippen MR) is 158 cm³/mol. The summed E-state index contributed by atoms with van der Waals surface area (Å²) in [5.74, 6) is 1.69. The molecule has 188 valence electrons. The molecule has 2 aromatic heterocycles. The van der Waals surface area contributed by atoms with Crippen LogP contribution < -0.4 is 9.64 Å². The van der Waals surface area contributed by atoms with Gasteiger partial charge in [0, 0.05) is 27.9 Å². The Bertz CT molecular complexity index is 1910. The maximum Gasteiger partial charge on any atom is 0.151 e. The van der Waals surface area contributed by atoms with Gasteiger partial charge in [0.05, 0.1) is 28.2 Å². The van der Waals surface area contributed by atoms with Crippen LogP contribution in [0, 0.1) is 0 Å². The molecule has 0 N–H and O–H groups in total. The Morgan fingerprint density at radius 2 is 1.12 bits per heavy atom. The van der Waals surface area contributed by atoms with E-state index in [4.69, 9.17) is 14.7 Å². The average molecular weight is 532 g/mol. The van der Waals surface area contributed by atoms with E-state index in [9.17, 15) is 0 Å². The summed E-state index contributed by atoms with van der Waals surface area (Å²) in [6.45, 7) is 0. The fourth-order valence-electron chi connectivity index (χ4n) is 6.67. The first-order valence-corrected chi connectivity index (χ1v) is 14.1. The summed E-state index contributed by atoms with van der Waals surface area (Å²) in [7, 11) is 0. The van der Waals surface area contributed by atoms with Gasteiger partial charge in [-0.25, -0.2) is 0 Å². The second-order valence-electron chi connectivity index (χ2n) is 10.2. The van der Waals surface area contributed by atoms with Gasteiger partial charge in [-0.05, 0) is 82.9 Å². The molecule has 3 aliphatic rings. The van der Waals surface area contributed by atoms with Gasteiger partial charge in [-0.3, -0.25) is 9.97 Å². The van der Waals surface area contributed by atoms with Crippen molar-refractivity contribution >= 4 is 28.8 Å². The lowest BCUT2D eigenvalue weighted by atomic mass is 9.67. The fourth-order valence-corrected chi connectivity index (χ4v) is 7.84. The second-order valence-corrected chi connectivity index (χ2v) is 11.3. The van der Waals surface area contributed by atoms with Gasteiger partial charge < -0.3 is 9.64 Å². The van der Waals surface area contributed by atoms with Crippen LogP contribution >= 0.6 is 11.8 Å². The van der Waals surface area contributed by atoms with Gasteiger partial charge in [-0.2, -0.15) is 0 Å². The number of benzene rings is 4.